The highest BCUT2D eigenvalue weighted by molar-refractivity contribution is 9.10. The summed E-state index contributed by atoms with van der Waals surface area (Å²) in [5.74, 6) is -0.799. The molecule has 0 spiro atoms. The molecule has 1 N–H and O–H groups in total. The maximum absolute atomic E-state index is 11.2. The number of hydrogen-bond donors (Lipinski definition) is 1. The first-order valence-corrected chi connectivity index (χ1v) is 6.44. The van der Waals surface area contributed by atoms with Crippen LogP contribution in [0.15, 0.2) is 41.0 Å². The number of aryl methyl sites for hydroxylation is 1. The van der Waals surface area contributed by atoms with Gasteiger partial charge in [-0.3, -0.25) is 0 Å². The van der Waals surface area contributed by atoms with Crippen LogP contribution in [0.5, 0.6) is 5.75 Å². The van der Waals surface area contributed by atoms with E-state index in [1.165, 1.54) is 0 Å². The summed E-state index contributed by atoms with van der Waals surface area (Å²) in [6, 6.07) is 11.3. The molecule has 0 saturated carbocycles. The van der Waals surface area contributed by atoms with Crippen molar-refractivity contribution in [2.45, 2.75) is 13.5 Å². The zero-order valence-corrected chi connectivity index (χ0v) is 11.8. The largest absolute Gasteiger partial charge is 0.486 e. The highest BCUT2D eigenvalue weighted by Crippen LogP contribution is 2.26. The quantitative estimate of drug-likeness (QED) is 0.876. The molecule has 4 nitrogen and oxygen atoms in total. The number of benzene rings is 1. The lowest BCUT2D eigenvalue weighted by Crippen LogP contribution is -2.08. The van der Waals surface area contributed by atoms with E-state index in [0.717, 1.165) is 11.1 Å². The Bertz CT molecular complexity index is 599. The van der Waals surface area contributed by atoms with Crippen molar-refractivity contribution in [3.8, 4) is 5.75 Å². The van der Waals surface area contributed by atoms with Crippen LogP contribution in [0, 0.1) is 6.92 Å². The van der Waals surface area contributed by atoms with E-state index in [1.807, 2.05) is 30.3 Å². The molecule has 0 fully saturated rings. The second kappa shape index (κ2) is 5.84. The van der Waals surface area contributed by atoms with Crippen LogP contribution >= 0.6 is 15.9 Å². The number of rotatable bonds is 4. The highest BCUT2D eigenvalue weighted by atomic mass is 79.9. The molecule has 0 saturated heterocycles. The summed E-state index contributed by atoms with van der Waals surface area (Å²) in [6.07, 6.45) is 0. The first-order valence-electron chi connectivity index (χ1n) is 5.65. The number of halogens is 1. The standard InChI is InChI=1S/C14H12BrNO3/c1-9-7-11(15)16-12(14(17)18)13(9)19-8-10-5-3-2-4-6-10/h2-7H,8H2,1H3,(H,17,18). The maximum atomic E-state index is 11.2. The molecule has 0 bridgehead atoms. The number of aromatic nitrogens is 1. The summed E-state index contributed by atoms with van der Waals surface area (Å²) in [5, 5.41) is 9.15. The SMILES string of the molecule is Cc1cc(Br)nc(C(=O)O)c1OCc1ccccc1. The van der Waals surface area contributed by atoms with Crippen molar-refractivity contribution >= 4 is 21.9 Å². The third kappa shape index (κ3) is 3.32. The molecule has 19 heavy (non-hydrogen) atoms. The van der Waals surface area contributed by atoms with Gasteiger partial charge in [-0.25, -0.2) is 9.78 Å². The van der Waals surface area contributed by atoms with E-state index in [0.29, 0.717) is 17.0 Å². The molecule has 0 aliphatic rings. The van der Waals surface area contributed by atoms with Gasteiger partial charge >= 0.3 is 5.97 Å². The van der Waals surface area contributed by atoms with E-state index in [2.05, 4.69) is 20.9 Å². The second-order valence-corrected chi connectivity index (χ2v) is 4.83. The topological polar surface area (TPSA) is 59.4 Å². The van der Waals surface area contributed by atoms with Crippen molar-refractivity contribution in [1.29, 1.82) is 0 Å². The highest BCUT2D eigenvalue weighted by Gasteiger charge is 2.17. The minimum atomic E-state index is -1.10. The van der Waals surface area contributed by atoms with Crippen molar-refractivity contribution in [1.82, 2.24) is 4.98 Å². The molecule has 1 aromatic carbocycles. The molecule has 0 aliphatic carbocycles. The second-order valence-electron chi connectivity index (χ2n) is 4.02. The van der Waals surface area contributed by atoms with Crippen molar-refractivity contribution < 1.29 is 14.6 Å². The van der Waals surface area contributed by atoms with Gasteiger partial charge in [0.05, 0.1) is 0 Å². The van der Waals surface area contributed by atoms with Gasteiger partial charge < -0.3 is 9.84 Å². The molecule has 0 atom stereocenters. The average molecular weight is 322 g/mol. The molecule has 2 aromatic rings. The van der Waals surface area contributed by atoms with Crippen LogP contribution in [0.2, 0.25) is 0 Å². The molecule has 0 amide bonds. The number of pyridine rings is 1. The minimum absolute atomic E-state index is 0.0807. The first-order chi connectivity index (χ1) is 9.08. The molecule has 5 heteroatoms. The Hall–Kier alpha value is -1.88. The number of carboxylic acids is 1. The fourth-order valence-electron chi connectivity index (χ4n) is 1.68. The molecule has 98 valence electrons. The summed E-state index contributed by atoms with van der Waals surface area (Å²) in [6.45, 7) is 2.10. The van der Waals surface area contributed by atoms with Crippen LogP contribution in [0.3, 0.4) is 0 Å². The summed E-state index contributed by atoms with van der Waals surface area (Å²) in [5.41, 5.74) is 1.62. The molecule has 2 rings (SSSR count). The predicted octanol–water partition coefficient (Wildman–Crippen LogP) is 3.43. The van der Waals surface area contributed by atoms with Gasteiger partial charge in [0.1, 0.15) is 11.2 Å². The van der Waals surface area contributed by atoms with E-state index < -0.39 is 5.97 Å². The minimum Gasteiger partial charge on any atom is -0.486 e. The number of nitrogens with zero attached hydrogens (tertiary/aromatic N) is 1. The Morgan fingerprint density at radius 3 is 2.68 bits per heavy atom. The van der Waals surface area contributed by atoms with E-state index in [4.69, 9.17) is 9.84 Å². The van der Waals surface area contributed by atoms with Gasteiger partial charge in [-0.15, -0.1) is 0 Å². The summed E-state index contributed by atoms with van der Waals surface area (Å²) < 4.78 is 6.09. The van der Waals surface area contributed by atoms with Crippen LogP contribution in [-0.4, -0.2) is 16.1 Å². The number of hydrogen-bond acceptors (Lipinski definition) is 3. The Kier molecular flexibility index (Phi) is 4.16. The number of aromatic carboxylic acids is 1. The number of carbonyl (C=O) groups is 1. The van der Waals surface area contributed by atoms with Crippen LogP contribution in [-0.2, 0) is 6.61 Å². The number of ether oxygens (including phenoxy) is 1. The lowest BCUT2D eigenvalue weighted by molar-refractivity contribution is 0.0684. The van der Waals surface area contributed by atoms with E-state index >= 15 is 0 Å². The fourth-order valence-corrected chi connectivity index (χ4v) is 2.20. The van der Waals surface area contributed by atoms with Crippen LogP contribution in [0.25, 0.3) is 0 Å². The molecule has 0 aliphatic heterocycles. The molecule has 1 aromatic heterocycles. The van der Waals surface area contributed by atoms with Crippen molar-refractivity contribution in [3.63, 3.8) is 0 Å². The molecule has 0 unspecified atom stereocenters. The Morgan fingerprint density at radius 2 is 2.05 bits per heavy atom. The van der Waals surface area contributed by atoms with Gasteiger partial charge in [0.2, 0.25) is 0 Å². The van der Waals surface area contributed by atoms with Crippen molar-refractivity contribution in [2.75, 3.05) is 0 Å². The number of carboxylic acid groups (broad SMARTS) is 1. The van der Waals surface area contributed by atoms with Crippen LogP contribution in [0.1, 0.15) is 21.6 Å². The third-order valence-corrected chi connectivity index (χ3v) is 2.96. The lowest BCUT2D eigenvalue weighted by atomic mass is 10.2. The Labute approximate surface area is 119 Å². The predicted molar refractivity (Wildman–Crippen MR) is 74.4 cm³/mol. The zero-order chi connectivity index (χ0) is 13.8. The van der Waals surface area contributed by atoms with E-state index in [-0.39, 0.29) is 5.69 Å². The average Bonchev–Trinajstić information content (AvgIpc) is 2.38. The van der Waals surface area contributed by atoms with Crippen molar-refractivity contribution in [3.05, 3.63) is 57.8 Å². The van der Waals surface area contributed by atoms with Gasteiger partial charge in [-0.1, -0.05) is 30.3 Å². The first kappa shape index (κ1) is 13.5. The van der Waals surface area contributed by atoms with E-state index in [1.54, 1.807) is 13.0 Å². The van der Waals surface area contributed by atoms with Gasteiger partial charge in [-0.2, -0.15) is 0 Å². The van der Waals surface area contributed by atoms with Gasteiger partial charge in [0, 0.05) is 0 Å². The zero-order valence-electron chi connectivity index (χ0n) is 10.3. The summed E-state index contributed by atoms with van der Waals surface area (Å²) >= 11 is 3.18. The molecular formula is C14H12BrNO3. The third-order valence-electron chi connectivity index (χ3n) is 2.56. The summed E-state index contributed by atoms with van der Waals surface area (Å²) in [4.78, 5) is 15.1. The Morgan fingerprint density at radius 1 is 1.37 bits per heavy atom. The molecule has 0 radical (unpaired) electrons. The van der Waals surface area contributed by atoms with E-state index in [9.17, 15) is 4.79 Å². The van der Waals surface area contributed by atoms with Gasteiger partial charge in [0.15, 0.2) is 11.4 Å². The Balaban J connectivity index is 2.27. The van der Waals surface area contributed by atoms with Gasteiger partial charge in [-0.05, 0) is 40.0 Å². The maximum Gasteiger partial charge on any atom is 0.358 e. The van der Waals surface area contributed by atoms with Gasteiger partial charge in [0.25, 0.3) is 0 Å². The lowest BCUT2D eigenvalue weighted by Gasteiger charge is -2.11. The summed E-state index contributed by atoms with van der Waals surface area (Å²) in [7, 11) is 0. The smallest absolute Gasteiger partial charge is 0.358 e. The van der Waals surface area contributed by atoms with Crippen LogP contribution in [0.4, 0.5) is 0 Å². The fraction of sp³-hybridized carbons (Fsp3) is 0.143. The van der Waals surface area contributed by atoms with Crippen LogP contribution < -0.4 is 4.74 Å². The normalized spacial score (nSPS) is 10.2. The molecule has 1 heterocycles. The van der Waals surface area contributed by atoms with Crippen molar-refractivity contribution in [2.24, 2.45) is 0 Å². The molecular weight excluding hydrogens is 310 g/mol. The monoisotopic (exact) mass is 321 g/mol.